The molecule has 0 spiro atoms. The van der Waals surface area contributed by atoms with Crippen LogP contribution in [0.4, 0.5) is 5.69 Å². The van der Waals surface area contributed by atoms with Crippen LogP contribution in [0.15, 0.2) is 30.3 Å². The lowest BCUT2D eigenvalue weighted by atomic mass is 10.0. The summed E-state index contributed by atoms with van der Waals surface area (Å²) < 4.78 is 0. The topological polar surface area (TPSA) is 29.1 Å². The number of carbonyl (C=O) groups is 1. The minimum absolute atomic E-state index is 0.172. The van der Waals surface area contributed by atoms with Crippen LogP contribution in [0.25, 0.3) is 0 Å². The standard InChI is InChI=1S/C13H19NO/c1-3-7-11(2)13(15)10-14-12-8-5-4-6-9-12/h4-6,8-9,11,14H,3,7,10H2,1-2H3. The molecule has 1 aromatic rings. The van der Waals surface area contributed by atoms with Crippen molar-refractivity contribution in [2.45, 2.75) is 26.7 Å². The molecule has 0 heterocycles. The first kappa shape index (κ1) is 11.8. The van der Waals surface area contributed by atoms with Crippen LogP contribution in [0.3, 0.4) is 0 Å². The van der Waals surface area contributed by atoms with Crippen LogP contribution in [0.1, 0.15) is 26.7 Å². The lowest BCUT2D eigenvalue weighted by Crippen LogP contribution is -2.20. The summed E-state index contributed by atoms with van der Waals surface area (Å²) in [6.45, 7) is 4.54. The van der Waals surface area contributed by atoms with Crippen molar-refractivity contribution in [2.75, 3.05) is 11.9 Å². The Hall–Kier alpha value is -1.31. The summed E-state index contributed by atoms with van der Waals surface area (Å²) in [5, 5.41) is 3.13. The fourth-order valence-corrected chi connectivity index (χ4v) is 1.51. The number of rotatable bonds is 6. The molecule has 0 saturated carbocycles. The second-order valence-electron chi connectivity index (χ2n) is 3.88. The second kappa shape index (κ2) is 6.23. The van der Waals surface area contributed by atoms with Crippen molar-refractivity contribution in [1.82, 2.24) is 0 Å². The maximum absolute atomic E-state index is 11.6. The van der Waals surface area contributed by atoms with Crippen LogP contribution in [-0.2, 0) is 4.79 Å². The lowest BCUT2D eigenvalue weighted by molar-refractivity contribution is -0.120. The van der Waals surface area contributed by atoms with E-state index in [1.807, 2.05) is 37.3 Å². The molecule has 0 aromatic heterocycles. The lowest BCUT2D eigenvalue weighted by Gasteiger charge is -2.10. The first-order valence-electron chi connectivity index (χ1n) is 5.55. The molecule has 15 heavy (non-hydrogen) atoms. The predicted molar refractivity (Wildman–Crippen MR) is 64.0 cm³/mol. The van der Waals surface area contributed by atoms with Crippen LogP contribution in [0, 0.1) is 5.92 Å². The number of anilines is 1. The molecule has 82 valence electrons. The molecule has 2 nitrogen and oxygen atoms in total. The maximum Gasteiger partial charge on any atom is 0.154 e. The van der Waals surface area contributed by atoms with Crippen molar-refractivity contribution in [2.24, 2.45) is 5.92 Å². The number of benzene rings is 1. The third-order valence-corrected chi connectivity index (χ3v) is 2.51. The fraction of sp³-hybridized carbons (Fsp3) is 0.462. The molecular weight excluding hydrogens is 186 g/mol. The summed E-state index contributed by atoms with van der Waals surface area (Å²) >= 11 is 0. The number of Topliss-reactive ketones (excluding diaryl/α,β-unsaturated/α-hetero) is 1. The van der Waals surface area contributed by atoms with E-state index in [9.17, 15) is 4.79 Å². The van der Waals surface area contributed by atoms with Gasteiger partial charge in [-0.1, -0.05) is 38.5 Å². The zero-order valence-corrected chi connectivity index (χ0v) is 9.49. The maximum atomic E-state index is 11.6. The molecule has 0 aliphatic rings. The fourth-order valence-electron chi connectivity index (χ4n) is 1.51. The Morgan fingerprint density at radius 1 is 1.33 bits per heavy atom. The van der Waals surface area contributed by atoms with Gasteiger partial charge in [0, 0.05) is 11.6 Å². The van der Waals surface area contributed by atoms with Gasteiger partial charge in [0.05, 0.1) is 6.54 Å². The van der Waals surface area contributed by atoms with Gasteiger partial charge in [0.15, 0.2) is 5.78 Å². The summed E-state index contributed by atoms with van der Waals surface area (Å²) in [6, 6.07) is 9.83. The molecule has 1 atom stereocenters. The Morgan fingerprint density at radius 3 is 2.60 bits per heavy atom. The Labute approximate surface area is 91.7 Å². The Morgan fingerprint density at radius 2 is 2.00 bits per heavy atom. The summed E-state index contributed by atoms with van der Waals surface area (Å²) in [5.74, 6) is 0.465. The van der Waals surface area contributed by atoms with Gasteiger partial charge in [-0.25, -0.2) is 0 Å². The van der Waals surface area contributed by atoms with E-state index in [1.165, 1.54) is 0 Å². The monoisotopic (exact) mass is 205 g/mol. The quantitative estimate of drug-likeness (QED) is 0.773. The number of nitrogens with one attached hydrogen (secondary N) is 1. The third kappa shape index (κ3) is 4.15. The zero-order valence-electron chi connectivity index (χ0n) is 9.49. The molecule has 0 aliphatic heterocycles. The van der Waals surface area contributed by atoms with Gasteiger partial charge in [-0.05, 0) is 18.6 Å². The van der Waals surface area contributed by atoms with Gasteiger partial charge in [0.2, 0.25) is 0 Å². The van der Waals surface area contributed by atoms with Gasteiger partial charge in [0.25, 0.3) is 0 Å². The Kier molecular flexibility index (Phi) is 4.88. The molecule has 1 rings (SSSR count). The summed E-state index contributed by atoms with van der Waals surface area (Å²) in [6.07, 6.45) is 2.05. The molecular formula is C13H19NO. The predicted octanol–water partition coefficient (Wildman–Crippen LogP) is 3.10. The minimum Gasteiger partial charge on any atom is -0.378 e. The highest BCUT2D eigenvalue weighted by molar-refractivity contribution is 5.84. The number of ketones is 1. The molecule has 1 aromatic carbocycles. The highest BCUT2D eigenvalue weighted by Gasteiger charge is 2.10. The molecule has 1 N–H and O–H groups in total. The molecule has 0 amide bonds. The SMILES string of the molecule is CCCC(C)C(=O)CNc1ccccc1. The van der Waals surface area contributed by atoms with Crippen LogP contribution in [0.5, 0.6) is 0 Å². The molecule has 1 unspecified atom stereocenters. The third-order valence-electron chi connectivity index (χ3n) is 2.51. The highest BCUT2D eigenvalue weighted by atomic mass is 16.1. The molecule has 0 fully saturated rings. The first-order chi connectivity index (χ1) is 7.24. The summed E-state index contributed by atoms with van der Waals surface area (Å²) in [5.41, 5.74) is 1.01. The average Bonchev–Trinajstić information content (AvgIpc) is 2.27. The molecule has 0 bridgehead atoms. The van der Waals surface area contributed by atoms with Gasteiger partial charge in [0.1, 0.15) is 0 Å². The van der Waals surface area contributed by atoms with Crippen molar-refractivity contribution in [3.8, 4) is 0 Å². The van der Waals surface area contributed by atoms with Crippen LogP contribution < -0.4 is 5.32 Å². The van der Waals surface area contributed by atoms with Crippen molar-refractivity contribution in [1.29, 1.82) is 0 Å². The zero-order chi connectivity index (χ0) is 11.1. The minimum atomic E-state index is 0.172. The normalized spacial score (nSPS) is 12.1. The highest BCUT2D eigenvalue weighted by Crippen LogP contribution is 2.08. The van der Waals surface area contributed by atoms with E-state index in [1.54, 1.807) is 0 Å². The average molecular weight is 205 g/mol. The van der Waals surface area contributed by atoms with E-state index in [0.717, 1.165) is 18.5 Å². The van der Waals surface area contributed by atoms with E-state index in [-0.39, 0.29) is 5.92 Å². The van der Waals surface area contributed by atoms with Gasteiger partial charge in [-0.15, -0.1) is 0 Å². The smallest absolute Gasteiger partial charge is 0.154 e. The Bertz CT molecular complexity index is 295. The van der Waals surface area contributed by atoms with Gasteiger partial charge < -0.3 is 5.32 Å². The van der Waals surface area contributed by atoms with E-state index >= 15 is 0 Å². The largest absolute Gasteiger partial charge is 0.378 e. The number of hydrogen-bond acceptors (Lipinski definition) is 2. The number of hydrogen-bond donors (Lipinski definition) is 1. The number of carbonyl (C=O) groups excluding carboxylic acids is 1. The van der Waals surface area contributed by atoms with Gasteiger partial charge in [-0.3, -0.25) is 4.79 Å². The van der Waals surface area contributed by atoms with Gasteiger partial charge in [-0.2, -0.15) is 0 Å². The summed E-state index contributed by atoms with van der Waals surface area (Å²) in [4.78, 5) is 11.6. The van der Waals surface area contributed by atoms with E-state index in [0.29, 0.717) is 12.3 Å². The van der Waals surface area contributed by atoms with Crippen molar-refractivity contribution in [3.05, 3.63) is 30.3 Å². The second-order valence-corrected chi connectivity index (χ2v) is 3.88. The molecule has 0 aliphatic carbocycles. The summed E-state index contributed by atoms with van der Waals surface area (Å²) in [7, 11) is 0. The van der Waals surface area contributed by atoms with Crippen molar-refractivity contribution >= 4 is 11.5 Å². The van der Waals surface area contributed by atoms with Crippen molar-refractivity contribution < 1.29 is 4.79 Å². The molecule has 2 heteroatoms. The molecule has 0 radical (unpaired) electrons. The van der Waals surface area contributed by atoms with E-state index in [4.69, 9.17) is 0 Å². The van der Waals surface area contributed by atoms with Crippen LogP contribution in [-0.4, -0.2) is 12.3 Å². The number of para-hydroxylation sites is 1. The van der Waals surface area contributed by atoms with E-state index in [2.05, 4.69) is 12.2 Å². The van der Waals surface area contributed by atoms with Crippen LogP contribution >= 0.6 is 0 Å². The Balaban J connectivity index is 2.34. The first-order valence-corrected chi connectivity index (χ1v) is 5.55. The van der Waals surface area contributed by atoms with Crippen LogP contribution in [0.2, 0.25) is 0 Å². The van der Waals surface area contributed by atoms with Gasteiger partial charge >= 0.3 is 0 Å². The van der Waals surface area contributed by atoms with Crippen molar-refractivity contribution in [3.63, 3.8) is 0 Å². The molecule has 0 saturated heterocycles. The van der Waals surface area contributed by atoms with E-state index < -0.39 is 0 Å².